The van der Waals surface area contributed by atoms with Gasteiger partial charge in [-0.05, 0) is 29.8 Å². The monoisotopic (exact) mass is 356 g/mol. The van der Waals surface area contributed by atoms with Crippen LogP contribution in [0.15, 0.2) is 48.5 Å². The number of rotatable bonds is 1. The lowest BCUT2D eigenvalue weighted by atomic mass is 9.97. The van der Waals surface area contributed by atoms with Gasteiger partial charge in [0.05, 0.1) is 11.1 Å². The first kappa shape index (κ1) is 17.1. The molecule has 8 heteroatoms. The van der Waals surface area contributed by atoms with Gasteiger partial charge in [0, 0.05) is 16.6 Å². The Kier molecular flexibility index (Phi) is 3.85. The average molecular weight is 356 g/mol. The van der Waals surface area contributed by atoms with Gasteiger partial charge >= 0.3 is 12.4 Å². The van der Waals surface area contributed by atoms with Gasteiger partial charge < -0.3 is 5.73 Å². The molecule has 2 aromatic carbocycles. The minimum absolute atomic E-state index is 0.0733. The molecule has 0 amide bonds. The second-order valence-electron chi connectivity index (χ2n) is 5.37. The number of fused-ring (bicyclic) bond motifs is 1. The highest BCUT2D eigenvalue weighted by Gasteiger charge is 2.35. The molecule has 0 unspecified atom stereocenters. The highest BCUT2D eigenvalue weighted by molar-refractivity contribution is 5.98. The molecule has 0 bridgehead atoms. The second kappa shape index (κ2) is 5.65. The fraction of sp³-hybridized carbons (Fsp3) is 0.118. The third kappa shape index (κ3) is 3.24. The van der Waals surface area contributed by atoms with E-state index in [1.165, 1.54) is 12.1 Å². The zero-order valence-electron chi connectivity index (χ0n) is 12.4. The maximum Gasteiger partial charge on any atom is 0.433 e. The summed E-state index contributed by atoms with van der Waals surface area (Å²) in [5, 5.41) is 0.152. The van der Waals surface area contributed by atoms with E-state index in [2.05, 4.69) is 4.98 Å². The van der Waals surface area contributed by atoms with Gasteiger partial charge in [0.15, 0.2) is 0 Å². The minimum Gasteiger partial charge on any atom is -0.398 e. The maximum absolute atomic E-state index is 13.1. The van der Waals surface area contributed by atoms with Gasteiger partial charge in [0.1, 0.15) is 5.69 Å². The van der Waals surface area contributed by atoms with Crippen LogP contribution in [0.4, 0.5) is 32.0 Å². The van der Waals surface area contributed by atoms with Crippen LogP contribution in [0.5, 0.6) is 0 Å². The summed E-state index contributed by atoms with van der Waals surface area (Å²) in [7, 11) is 0. The zero-order valence-corrected chi connectivity index (χ0v) is 12.4. The third-order valence-electron chi connectivity index (χ3n) is 3.68. The number of hydrogen-bond donors (Lipinski definition) is 1. The van der Waals surface area contributed by atoms with Crippen LogP contribution in [0.25, 0.3) is 22.0 Å². The topological polar surface area (TPSA) is 38.9 Å². The molecule has 0 atom stereocenters. The molecular weight excluding hydrogens is 346 g/mol. The largest absolute Gasteiger partial charge is 0.433 e. The predicted octanol–water partition coefficient (Wildman–Crippen LogP) is 5.52. The molecule has 25 heavy (non-hydrogen) atoms. The second-order valence-corrected chi connectivity index (χ2v) is 5.37. The van der Waals surface area contributed by atoms with E-state index in [-0.39, 0.29) is 16.6 Å². The Balaban J connectivity index is 2.37. The number of nitrogens with two attached hydrogens (primary N) is 1. The van der Waals surface area contributed by atoms with Crippen LogP contribution in [0.3, 0.4) is 0 Å². The first-order valence-electron chi connectivity index (χ1n) is 7.01. The molecule has 0 fully saturated rings. The van der Waals surface area contributed by atoms with Crippen LogP contribution in [0.2, 0.25) is 0 Å². The van der Waals surface area contributed by atoms with Gasteiger partial charge in [-0.25, -0.2) is 4.98 Å². The van der Waals surface area contributed by atoms with E-state index in [0.29, 0.717) is 11.6 Å². The number of pyridine rings is 1. The first-order chi connectivity index (χ1) is 11.6. The minimum atomic E-state index is -4.80. The van der Waals surface area contributed by atoms with E-state index in [1.54, 1.807) is 12.1 Å². The summed E-state index contributed by atoms with van der Waals surface area (Å²) in [4.78, 5) is 3.37. The number of halogens is 6. The number of nitrogen functional groups attached to an aromatic ring is 1. The molecule has 3 rings (SSSR count). The molecule has 2 N–H and O–H groups in total. The summed E-state index contributed by atoms with van der Waals surface area (Å²) >= 11 is 0. The first-order valence-corrected chi connectivity index (χ1v) is 7.01. The van der Waals surface area contributed by atoms with E-state index < -0.39 is 29.1 Å². The smallest absolute Gasteiger partial charge is 0.398 e. The molecule has 0 aliphatic heterocycles. The summed E-state index contributed by atoms with van der Waals surface area (Å²) < 4.78 is 78.0. The molecule has 0 saturated heterocycles. The van der Waals surface area contributed by atoms with Gasteiger partial charge in [0.25, 0.3) is 0 Å². The van der Waals surface area contributed by atoms with Crippen LogP contribution in [-0.4, -0.2) is 4.98 Å². The molecule has 2 nitrogen and oxygen atoms in total. The van der Waals surface area contributed by atoms with E-state index in [1.807, 2.05) is 0 Å². The number of benzene rings is 2. The lowest BCUT2D eigenvalue weighted by molar-refractivity contribution is -0.140. The van der Waals surface area contributed by atoms with Crippen molar-refractivity contribution in [2.75, 3.05) is 5.73 Å². The van der Waals surface area contributed by atoms with Gasteiger partial charge in [0.2, 0.25) is 0 Å². The van der Waals surface area contributed by atoms with Crippen molar-refractivity contribution in [3.05, 3.63) is 59.8 Å². The fourth-order valence-corrected chi connectivity index (χ4v) is 2.52. The highest BCUT2D eigenvalue weighted by Crippen LogP contribution is 2.39. The third-order valence-corrected chi connectivity index (χ3v) is 3.68. The predicted molar refractivity (Wildman–Crippen MR) is 81.6 cm³/mol. The van der Waals surface area contributed by atoms with Crippen LogP contribution < -0.4 is 5.73 Å². The Morgan fingerprint density at radius 2 is 1.44 bits per heavy atom. The summed E-state index contributed by atoms with van der Waals surface area (Å²) in [6.45, 7) is 0. The van der Waals surface area contributed by atoms with E-state index in [0.717, 1.165) is 18.2 Å². The van der Waals surface area contributed by atoms with Crippen LogP contribution in [-0.2, 0) is 12.4 Å². The maximum atomic E-state index is 13.1. The van der Waals surface area contributed by atoms with Crippen LogP contribution in [0, 0.1) is 0 Å². The summed E-state index contributed by atoms with van der Waals surface area (Å²) in [5.74, 6) is 0. The highest BCUT2D eigenvalue weighted by atomic mass is 19.4. The quantitative estimate of drug-likeness (QED) is 0.460. The Bertz CT molecular complexity index is 939. The number of alkyl halides is 6. The summed E-state index contributed by atoms with van der Waals surface area (Å²) in [6, 6.07) is 9.49. The van der Waals surface area contributed by atoms with Crippen LogP contribution >= 0.6 is 0 Å². The summed E-state index contributed by atoms with van der Waals surface area (Å²) in [6.07, 6.45) is -9.49. The molecular formula is C17H10F6N2. The van der Waals surface area contributed by atoms with Crippen molar-refractivity contribution in [2.24, 2.45) is 0 Å². The van der Waals surface area contributed by atoms with E-state index >= 15 is 0 Å². The van der Waals surface area contributed by atoms with E-state index in [9.17, 15) is 26.3 Å². The number of para-hydroxylation sites is 1. The summed E-state index contributed by atoms with van der Waals surface area (Å²) in [5.41, 5.74) is 3.65. The fourth-order valence-electron chi connectivity index (χ4n) is 2.52. The van der Waals surface area contributed by atoms with Gasteiger partial charge in [-0.3, -0.25) is 0 Å². The van der Waals surface area contributed by atoms with Crippen molar-refractivity contribution in [3.63, 3.8) is 0 Å². The molecule has 0 spiro atoms. The van der Waals surface area contributed by atoms with Gasteiger partial charge in [-0.1, -0.05) is 24.3 Å². The Morgan fingerprint density at radius 3 is 2.04 bits per heavy atom. The molecule has 3 aromatic rings. The van der Waals surface area contributed by atoms with Crippen molar-refractivity contribution in [3.8, 4) is 11.1 Å². The lowest BCUT2D eigenvalue weighted by Crippen LogP contribution is -2.10. The molecule has 0 aliphatic rings. The SMILES string of the molecule is Nc1ccccc1-c1cc(C(F)(F)F)nc2cc(C(F)(F)F)ccc12. The molecule has 130 valence electrons. The van der Waals surface area contributed by atoms with Crippen molar-refractivity contribution in [1.82, 2.24) is 4.98 Å². The van der Waals surface area contributed by atoms with Crippen molar-refractivity contribution >= 4 is 16.6 Å². The number of aromatic nitrogens is 1. The molecule has 0 aliphatic carbocycles. The average Bonchev–Trinajstić information content (AvgIpc) is 2.52. The molecule has 1 aromatic heterocycles. The number of nitrogens with zero attached hydrogens (tertiary/aromatic N) is 1. The standard InChI is InChI=1S/C17H10F6N2/c18-16(19,20)9-5-6-11-12(10-3-1-2-4-13(10)24)8-15(17(21,22)23)25-14(11)7-9/h1-8H,24H2. The molecule has 0 saturated carbocycles. The van der Waals surface area contributed by atoms with Crippen molar-refractivity contribution in [1.29, 1.82) is 0 Å². The zero-order chi connectivity index (χ0) is 18.4. The number of hydrogen-bond acceptors (Lipinski definition) is 2. The van der Waals surface area contributed by atoms with Crippen molar-refractivity contribution < 1.29 is 26.3 Å². The van der Waals surface area contributed by atoms with Crippen LogP contribution in [0.1, 0.15) is 11.3 Å². The molecule has 1 heterocycles. The normalized spacial score (nSPS) is 12.6. The Hall–Kier alpha value is -2.77. The van der Waals surface area contributed by atoms with Gasteiger partial charge in [-0.2, -0.15) is 26.3 Å². The Morgan fingerprint density at radius 1 is 0.760 bits per heavy atom. The molecule has 0 radical (unpaired) electrons. The van der Waals surface area contributed by atoms with E-state index in [4.69, 9.17) is 5.73 Å². The van der Waals surface area contributed by atoms with Crippen molar-refractivity contribution in [2.45, 2.75) is 12.4 Å². The lowest BCUT2D eigenvalue weighted by Gasteiger charge is -2.15. The number of anilines is 1. The Labute approximate surface area is 137 Å². The van der Waals surface area contributed by atoms with Gasteiger partial charge in [-0.15, -0.1) is 0 Å².